The second-order valence-electron chi connectivity index (χ2n) is 6.84. The van der Waals surface area contributed by atoms with Crippen molar-refractivity contribution in [1.82, 2.24) is 9.88 Å². The molecule has 5 nitrogen and oxygen atoms in total. The maximum Gasteiger partial charge on any atom is 0.412 e. The monoisotopic (exact) mass is 357 g/mol. The number of rotatable bonds is 5. The highest BCUT2D eigenvalue weighted by atomic mass is 32.1. The van der Waals surface area contributed by atoms with Crippen LogP contribution in [0.3, 0.4) is 0 Å². The van der Waals surface area contributed by atoms with Crippen molar-refractivity contribution in [1.29, 1.82) is 0 Å². The van der Waals surface area contributed by atoms with E-state index in [0.29, 0.717) is 18.3 Å². The van der Waals surface area contributed by atoms with Gasteiger partial charge in [0.15, 0.2) is 5.82 Å². The Morgan fingerprint density at radius 3 is 2.80 bits per heavy atom. The van der Waals surface area contributed by atoms with Crippen molar-refractivity contribution in [2.24, 2.45) is 11.8 Å². The first-order valence-electron chi connectivity index (χ1n) is 8.94. The van der Waals surface area contributed by atoms with Crippen molar-refractivity contribution >= 4 is 23.2 Å². The summed E-state index contributed by atoms with van der Waals surface area (Å²) in [6.07, 6.45) is 3.15. The highest BCUT2D eigenvalue weighted by Gasteiger charge is 2.33. The van der Waals surface area contributed by atoms with Gasteiger partial charge in [-0.3, -0.25) is 5.32 Å². The normalized spacial score (nSPS) is 24.9. The van der Waals surface area contributed by atoms with Gasteiger partial charge in [-0.1, -0.05) is 30.3 Å². The molecule has 1 amide bonds. The number of fused-ring (bicyclic) bond motifs is 3. The molecule has 4 heterocycles. The van der Waals surface area contributed by atoms with Crippen LogP contribution in [0.2, 0.25) is 0 Å². The molecule has 3 saturated heterocycles. The minimum absolute atomic E-state index is 0.413. The molecule has 3 fully saturated rings. The Hall–Kier alpha value is -1.92. The predicted molar refractivity (Wildman–Crippen MR) is 99.8 cm³/mol. The van der Waals surface area contributed by atoms with Crippen LogP contribution in [0.4, 0.5) is 10.6 Å². The third-order valence-electron chi connectivity index (χ3n) is 5.34. The molecule has 0 aliphatic carbocycles. The van der Waals surface area contributed by atoms with Gasteiger partial charge in [-0.25, -0.2) is 9.78 Å². The molecule has 3 aliphatic rings. The molecule has 1 N–H and O–H groups in total. The van der Waals surface area contributed by atoms with Crippen molar-refractivity contribution < 1.29 is 9.53 Å². The zero-order chi connectivity index (χ0) is 17.1. The Labute approximate surface area is 152 Å². The lowest BCUT2D eigenvalue weighted by molar-refractivity contribution is 0.0357. The highest BCUT2D eigenvalue weighted by Crippen LogP contribution is 2.34. The number of anilines is 1. The lowest BCUT2D eigenvalue weighted by Crippen LogP contribution is -2.47. The number of nitrogens with zero attached hydrogens (tertiary/aromatic N) is 2. The van der Waals surface area contributed by atoms with E-state index in [1.165, 1.54) is 43.8 Å². The van der Waals surface area contributed by atoms with E-state index in [4.69, 9.17) is 4.74 Å². The van der Waals surface area contributed by atoms with Gasteiger partial charge in [-0.15, -0.1) is 11.3 Å². The smallest absolute Gasteiger partial charge is 0.412 e. The van der Waals surface area contributed by atoms with Crippen molar-refractivity contribution in [3.05, 3.63) is 35.8 Å². The van der Waals surface area contributed by atoms with Gasteiger partial charge in [0, 0.05) is 6.54 Å². The minimum Gasteiger partial charge on any atom is -0.449 e. The Balaban J connectivity index is 1.28. The number of hydrogen-bond acceptors (Lipinski definition) is 5. The van der Waals surface area contributed by atoms with Crippen LogP contribution in [0.15, 0.2) is 35.8 Å². The summed E-state index contributed by atoms with van der Waals surface area (Å²) in [6, 6.07) is 9.95. The van der Waals surface area contributed by atoms with Crippen LogP contribution in [0, 0.1) is 11.8 Å². The van der Waals surface area contributed by atoms with Crippen molar-refractivity contribution in [2.45, 2.75) is 19.3 Å². The van der Waals surface area contributed by atoms with E-state index in [9.17, 15) is 4.79 Å². The molecule has 1 aromatic carbocycles. The molecule has 6 heteroatoms. The first kappa shape index (κ1) is 16.5. The third-order valence-corrected chi connectivity index (χ3v) is 6.21. The summed E-state index contributed by atoms with van der Waals surface area (Å²) in [5, 5.41) is 2.79. The maximum absolute atomic E-state index is 12.1. The zero-order valence-corrected chi connectivity index (χ0v) is 15.0. The second kappa shape index (κ2) is 7.54. The van der Waals surface area contributed by atoms with Gasteiger partial charge in [-0.2, -0.15) is 0 Å². The SMILES string of the molecule is O=C(Nc1ncsc1-c1ccccc1)OCCC1CN2CCC1CC2. The Kier molecular flexibility index (Phi) is 4.99. The van der Waals surface area contributed by atoms with Crippen molar-refractivity contribution in [3.8, 4) is 10.4 Å². The second-order valence-corrected chi connectivity index (χ2v) is 7.70. The lowest BCUT2D eigenvalue weighted by Gasteiger charge is -2.44. The number of aromatic nitrogens is 1. The average molecular weight is 357 g/mol. The van der Waals surface area contributed by atoms with Crippen molar-refractivity contribution in [3.63, 3.8) is 0 Å². The lowest BCUT2D eigenvalue weighted by atomic mass is 9.78. The summed E-state index contributed by atoms with van der Waals surface area (Å²) < 4.78 is 5.41. The van der Waals surface area contributed by atoms with Crippen LogP contribution in [0.25, 0.3) is 10.4 Å². The number of piperidine rings is 3. The molecule has 1 unspecified atom stereocenters. The van der Waals surface area contributed by atoms with Gasteiger partial charge in [0.2, 0.25) is 0 Å². The summed E-state index contributed by atoms with van der Waals surface area (Å²) >= 11 is 1.51. The van der Waals surface area contributed by atoms with Crippen LogP contribution in [-0.4, -0.2) is 42.2 Å². The number of hydrogen-bond donors (Lipinski definition) is 1. The summed E-state index contributed by atoms with van der Waals surface area (Å²) in [6.45, 7) is 4.13. The molecule has 2 bridgehead atoms. The van der Waals surface area contributed by atoms with E-state index in [-0.39, 0.29) is 0 Å². The number of thiazole rings is 1. The van der Waals surface area contributed by atoms with Crippen LogP contribution in [0.5, 0.6) is 0 Å². The summed E-state index contributed by atoms with van der Waals surface area (Å²) in [5.74, 6) is 2.07. The van der Waals surface area contributed by atoms with E-state index in [1.807, 2.05) is 30.3 Å². The van der Waals surface area contributed by atoms with Gasteiger partial charge >= 0.3 is 6.09 Å². The van der Waals surface area contributed by atoms with E-state index in [1.54, 1.807) is 5.51 Å². The minimum atomic E-state index is -0.413. The molecular formula is C19H23N3O2S. The summed E-state index contributed by atoms with van der Waals surface area (Å²) in [7, 11) is 0. The Morgan fingerprint density at radius 1 is 1.28 bits per heavy atom. The molecule has 25 heavy (non-hydrogen) atoms. The van der Waals surface area contributed by atoms with Crippen LogP contribution >= 0.6 is 11.3 Å². The van der Waals surface area contributed by atoms with Gasteiger partial charge < -0.3 is 9.64 Å². The highest BCUT2D eigenvalue weighted by molar-refractivity contribution is 7.13. The average Bonchev–Trinajstić information content (AvgIpc) is 3.11. The number of benzene rings is 1. The zero-order valence-electron chi connectivity index (χ0n) is 14.2. The third kappa shape index (κ3) is 3.85. The van der Waals surface area contributed by atoms with E-state index < -0.39 is 6.09 Å². The fraction of sp³-hybridized carbons (Fsp3) is 0.474. The van der Waals surface area contributed by atoms with Gasteiger partial charge in [0.25, 0.3) is 0 Å². The van der Waals surface area contributed by atoms with Crippen LogP contribution < -0.4 is 5.32 Å². The molecule has 132 valence electrons. The van der Waals surface area contributed by atoms with Crippen molar-refractivity contribution in [2.75, 3.05) is 31.6 Å². The molecule has 3 aliphatic heterocycles. The quantitative estimate of drug-likeness (QED) is 0.876. The number of carbonyl (C=O) groups is 1. The van der Waals surface area contributed by atoms with Crippen LogP contribution in [-0.2, 0) is 4.74 Å². The largest absolute Gasteiger partial charge is 0.449 e. The van der Waals surface area contributed by atoms with E-state index >= 15 is 0 Å². The standard InChI is InChI=1S/C19H23N3O2S/c23-19(24-11-8-16-12-22-9-6-14(16)7-10-22)21-18-17(25-13-20-18)15-4-2-1-3-5-15/h1-5,13-14,16H,6-12H2,(H,21,23). The molecule has 1 aromatic heterocycles. The van der Waals surface area contributed by atoms with Crippen LogP contribution in [0.1, 0.15) is 19.3 Å². The Morgan fingerprint density at radius 2 is 2.08 bits per heavy atom. The molecule has 0 radical (unpaired) electrons. The Bertz CT molecular complexity index is 710. The molecule has 0 saturated carbocycles. The van der Waals surface area contributed by atoms with E-state index in [2.05, 4.69) is 15.2 Å². The number of ether oxygens (including phenoxy) is 1. The first-order chi connectivity index (χ1) is 12.3. The van der Waals surface area contributed by atoms with E-state index in [0.717, 1.165) is 22.8 Å². The van der Waals surface area contributed by atoms with Gasteiger partial charge in [-0.05, 0) is 49.8 Å². The fourth-order valence-electron chi connectivity index (χ4n) is 3.98. The number of carbonyl (C=O) groups excluding carboxylic acids is 1. The first-order valence-corrected chi connectivity index (χ1v) is 9.82. The summed E-state index contributed by atoms with van der Waals surface area (Å²) in [5.41, 5.74) is 2.79. The topological polar surface area (TPSA) is 54.5 Å². The fourth-order valence-corrected chi connectivity index (χ4v) is 4.73. The number of nitrogens with one attached hydrogen (secondary N) is 1. The molecule has 5 rings (SSSR count). The number of amides is 1. The maximum atomic E-state index is 12.1. The summed E-state index contributed by atoms with van der Waals surface area (Å²) in [4.78, 5) is 19.9. The molecule has 0 spiro atoms. The molecular weight excluding hydrogens is 334 g/mol. The van der Waals surface area contributed by atoms with Gasteiger partial charge in [0.05, 0.1) is 17.0 Å². The molecule has 2 aromatic rings. The predicted octanol–water partition coefficient (Wildman–Crippen LogP) is 4.09. The van der Waals surface area contributed by atoms with Gasteiger partial charge in [0.1, 0.15) is 0 Å². The molecule has 1 atom stereocenters.